The van der Waals surface area contributed by atoms with Gasteiger partial charge in [-0.3, -0.25) is 4.99 Å². The van der Waals surface area contributed by atoms with Crippen molar-refractivity contribution in [3.05, 3.63) is 35.4 Å². The van der Waals surface area contributed by atoms with Gasteiger partial charge in [0.15, 0.2) is 0 Å². The smallest absolute Gasteiger partial charge is 0.216 e. The summed E-state index contributed by atoms with van der Waals surface area (Å²) < 4.78 is 5.17. The summed E-state index contributed by atoms with van der Waals surface area (Å²) in [4.78, 5) is 4.28. The lowest BCUT2D eigenvalue weighted by Crippen LogP contribution is -2.13. The van der Waals surface area contributed by atoms with Crippen LogP contribution in [-0.2, 0) is 11.2 Å². The highest BCUT2D eigenvalue weighted by atomic mass is 16.5. The Labute approximate surface area is 71.9 Å². The Morgan fingerprint density at radius 2 is 2.17 bits per heavy atom. The minimum absolute atomic E-state index is 0.775. The van der Waals surface area contributed by atoms with Crippen LogP contribution in [0.15, 0.2) is 29.3 Å². The summed E-state index contributed by atoms with van der Waals surface area (Å²) >= 11 is 0. The minimum Gasteiger partial charge on any atom is -0.481 e. The molecule has 0 aromatic heterocycles. The fourth-order valence-corrected chi connectivity index (χ4v) is 1.48. The lowest BCUT2D eigenvalue weighted by Gasteiger charge is -2.14. The van der Waals surface area contributed by atoms with Crippen LogP contribution in [0.4, 0.5) is 0 Å². The van der Waals surface area contributed by atoms with Crippen LogP contribution in [0.3, 0.4) is 0 Å². The Balaban J connectivity index is 2.48. The highest BCUT2D eigenvalue weighted by Crippen LogP contribution is 2.15. The molecule has 0 bridgehead atoms. The van der Waals surface area contributed by atoms with Crippen LogP contribution in [0, 0.1) is 0 Å². The van der Waals surface area contributed by atoms with Crippen molar-refractivity contribution in [2.24, 2.45) is 4.99 Å². The number of aliphatic imine (C=N–C) groups is 1. The monoisotopic (exact) mass is 161 g/mol. The van der Waals surface area contributed by atoms with Crippen LogP contribution in [0.2, 0.25) is 0 Å². The summed E-state index contributed by atoms with van der Waals surface area (Å²) in [5.41, 5.74) is 2.48. The molecule has 0 amide bonds. The van der Waals surface area contributed by atoms with Gasteiger partial charge in [0.05, 0.1) is 7.11 Å². The zero-order valence-electron chi connectivity index (χ0n) is 7.08. The first kappa shape index (κ1) is 7.35. The van der Waals surface area contributed by atoms with Crippen molar-refractivity contribution >= 4 is 5.90 Å². The zero-order valence-corrected chi connectivity index (χ0v) is 7.08. The Morgan fingerprint density at radius 1 is 1.33 bits per heavy atom. The summed E-state index contributed by atoms with van der Waals surface area (Å²) in [6.07, 6.45) is 1.03. The van der Waals surface area contributed by atoms with Gasteiger partial charge in [-0.05, 0) is 18.1 Å². The third-order valence-electron chi connectivity index (χ3n) is 2.08. The molecule has 1 aliphatic rings. The first-order valence-corrected chi connectivity index (χ1v) is 4.08. The van der Waals surface area contributed by atoms with E-state index < -0.39 is 0 Å². The standard InChI is InChI=1S/C10H11NO/c1-12-10-9-5-3-2-4-8(9)6-7-11-10/h2-5H,6-7H2,1H3. The van der Waals surface area contributed by atoms with Gasteiger partial charge in [0.1, 0.15) is 0 Å². The number of fused-ring (bicyclic) bond motifs is 1. The first-order valence-electron chi connectivity index (χ1n) is 4.08. The van der Waals surface area contributed by atoms with E-state index in [0.29, 0.717) is 0 Å². The molecule has 0 spiro atoms. The lowest BCUT2D eigenvalue weighted by molar-refractivity contribution is 0.400. The highest BCUT2D eigenvalue weighted by Gasteiger charge is 2.12. The van der Waals surface area contributed by atoms with Crippen LogP contribution >= 0.6 is 0 Å². The normalized spacial score (nSPS) is 14.9. The summed E-state index contributed by atoms with van der Waals surface area (Å²) in [6.45, 7) is 0.847. The van der Waals surface area contributed by atoms with Crippen LogP contribution in [0.1, 0.15) is 11.1 Å². The predicted octanol–water partition coefficient (Wildman–Crippen LogP) is 1.64. The van der Waals surface area contributed by atoms with Crippen molar-refractivity contribution in [2.75, 3.05) is 13.7 Å². The molecule has 2 heteroatoms. The van der Waals surface area contributed by atoms with E-state index in [-0.39, 0.29) is 0 Å². The number of hydrogen-bond donors (Lipinski definition) is 0. The Hall–Kier alpha value is -1.31. The third kappa shape index (κ3) is 1.09. The topological polar surface area (TPSA) is 21.6 Å². The van der Waals surface area contributed by atoms with Crippen molar-refractivity contribution < 1.29 is 4.74 Å². The molecule has 0 atom stereocenters. The number of hydrogen-bond acceptors (Lipinski definition) is 2. The van der Waals surface area contributed by atoms with Crippen LogP contribution in [0.5, 0.6) is 0 Å². The van der Waals surface area contributed by atoms with E-state index in [1.165, 1.54) is 5.56 Å². The maximum Gasteiger partial charge on any atom is 0.216 e. The predicted molar refractivity (Wildman–Crippen MR) is 48.6 cm³/mol. The van der Waals surface area contributed by atoms with Crippen molar-refractivity contribution in [3.63, 3.8) is 0 Å². The van der Waals surface area contributed by atoms with E-state index in [1.807, 2.05) is 6.07 Å². The van der Waals surface area contributed by atoms with Crippen LogP contribution in [-0.4, -0.2) is 19.6 Å². The molecule has 1 aromatic rings. The second-order valence-electron chi connectivity index (χ2n) is 2.80. The van der Waals surface area contributed by atoms with Crippen molar-refractivity contribution in [1.82, 2.24) is 0 Å². The number of nitrogens with zero attached hydrogens (tertiary/aromatic N) is 1. The van der Waals surface area contributed by atoms with Crippen molar-refractivity contribution in [2.45, 2.75) is 6.42 Å². The molecule has 62 valence electrons. The van der Waals surface area contributed by atoms with Gasteiger partial charge in [0, 0.05) is 12.1 Å². The van der Waals surface area contributed by atoms with Gasteiger partial charge in [0.25, 0.3) is 0 Å². The first-order chi connectivity index (χ1) is 5.92. The summed E-state index contributed by atoms with van der Waals surface area (Å²) in [5, 5.41) is 0. The SMILES string of the molecule is COC1=NCCc2ccccc21. The number of ether oxygens (including phenoxy) is 1. The maximum absolute atomic E-state index is 5.17. The van der Waals surface area contributed by atoms with Gasteiger partial charge < -0.3 is 4.74 Å². The summed E-state index contributed by atoms with van der Waals surface area (Å²) in [5.74, 6) is 0.775. The molecular formula is C10H11NO. The molecule has 0 unspecified atom stereocenters. The fraction of sp³-hybridized carbons (Fsp3) is 0.300. The van der Waals surface area contributed by atoms with E-state index in [1.54, 1.807) is 7.11 Å². The van der Waals surface area contributed by atoms with Gasteiger partial charge >= 0.3 is 0 Å². The van der Waals surface area contributed by atoms with E-state index in [0.717, 1.165) is 24.4 Å². The molecule has 0 saturated carbocycles. The second kappa shape index (κ2) is 2.97. The summed E-state index contributed by atoms with van der Waals surface area (Å²) in [7, 11) is 1.67. The van der Waals surface area contributed by atoms with Gasteiger partial charge in [-0.25, -0.2) is 0 Å². The molecule has 0 fully saturated rings. The average Bonchev–Trinajstić information content (AvgIpc) is 2.17. The fourth-order valence-electron chi connectivity index (χ4n) is 1.48. The quantitative estimate of drug-likeness (QED) is 0.566. The Kier molecular flexibility index (Phi) is 1.82. The lowest BCUT2D eigenvalue weighted by atomic mass is 10.0. The van der Waals surface area contributed by atoms with E-state index in [9.17, 15) is 0 Å². The van der Waals surface area contributed by atoms with Crippen LogP contribution < -0.4 is 0 Å². The number of methoxy groups -OCH3 is 1. The summed E-state index contributed by atoms with van der Waals surface area (Å²) in [6, 6.07) is 8.25. The number of benzene rings is 1. The van der Waals surface area contributed by atoms with Gasteiger partial charge in [-0.15, -0.1) is 0 Å². The third-order valence-corrected chi connectivity index (χ3v) is 2.08. The molecule has 0 aliphatic carbocycles. The molecule has 12 heavy (non-hydrogen) atoms. The minimum atomic E-state index is 0.775. The molecule has 1 heterocycles. The molecule has 0 N–H and O–H groups in total. The van der Waals surface area contributed by atoms with Gasteiger partial charge in [0.2, 0.25) is 5.90 Å². The second-order valence-corrected chi connectivity index (χ2v) is 2.80. The molecule has 0 saturated heterocycles. The average molecular weight is 161 g/mol. The number of rotatable bonds is 0. The van der Waals surface area contributed by atoms with Gasteiger partial charge in [-0.1, -0.05) is 18.2 Å². The molecule has 1 aliphatic heterocycles. The molecule has 2 rings (SSSR count). The Bertz CT molecular complexity index is 317. The molecular weight excluding hydrogens is 150 g/mol. The van der Waals surface area contributed by atoms with E-state index in [2.05, 4.69) is 23.2 Å². The van der Waals surface area contributed by atoms with Crippen LogP contribution in [0.25, 0.3) is 0 Å². The molecule has 1 aromatic carbocycles. The van der Waals surface area contributed by atoms with E-state index in [4.69, 9.17) is 4.74 Å². The van der Waals surface area contributed by atoms with E-state index >= 15 is 0 Å². The molecule has 0 radical (unpaired) electrons. The van der Waals surface area contributed by atoms with Crippen molar-refractivity contribution in [3.8, 4) is 0 Å². The van der Waals surface area contributed by atoms with Crippen molar-refractivity contribution in [1.29, 1.82) is 0 Å². The highest BCUT2D eigenvalue weighted by molar-refractivity contribution is 5.96. The zero-order chi connectivity index (χ0) is 8.39. The molecule has 2 nitrogen and oxygen atoms in total. The maximum atomic E-state index is 5.17. The van der Waals surface area contributed by atoms with Gasteiger partial charge in [-0.2, -0.15) is 0 Å². The Morgan fingerprint density at radius 3 is 3.00 bits per heavy atom. The largest absolute Gasteiger partial charge is 0.481 e.